The van der Waals surface area contributed by atoms with Crippen LogP contribution in [0.1, 0.15) is 72.8 Å². The highest BCUT2D eigenvalue weighted by Crippen LogP contribution is 2.34. The minimum absolute atomic E-state index is 0.00970. The van der Waals surface area contributed by atoms with Crippen molar-refractivity contribution in [2.45, 2.75) is 72.3 Å². The number of hydrogen-bond donors (Lipinski definition) is 1. The van der Waals surface area contributed by atoms with E-state index in [9.17, 15) is 0 Å². The largest absolute Gasteiger partial charge is 0.384 e. The van der Waals surface area contributed by atoms with Crippen LogP contribution in [0.2, 0.25) is 0 Å². The second-order valence-electron chi connectivity index (χ2n) is 7.11. The summed E-state index contributed by atoms with van der Waals surface area (Å²) in [6.45, 7) is 17.3. The van der Waals surface area contributed by atoms with Crippen molar-refractivity contribution in [3.8, 4) is 0 Å². The van der Waals surface area contributed by atoms with Crippen molar-refractivity contribution >= 4 is 5.82 Å². The maximum Gasteiger partial charge on any atom is 0.127 e. The van der Waals surface area contributed by atoms with Gasteiger partial charge in [-0.3, -0.25) is 0 Å². The number of aromatic nitrogens is 2. The van der Waals surface area contributed by atoms with Gasteiger partial charge in [-0.25, -0.2) is 4.98 Å². The molecule has 0 saturated carbocycles. The van der Waals surface area contributed by atoms with Crippen molar-refractivity contribution in [2.75, 3.05) is 5.73 Å². The van der Waals surface area contributed by atoms with E-state index in [-0.39, 0.29) is 11.0 Å². The average Bonchev–Trinajstić information content (AvgIpc) is 2.40. The molecule has 0 amide bonds. The lowest BCUT2D eigenvalue weighted by molar-refractivity contribution is 0.382. The quantitative estimate of drug-likeness (QED) is 0.810. The molecule has 0 spiro atoms. The Labute approximate surface area is 105 Å². The maximum absolute atomic E-state index is 6.31. The van der Waals surface area contributed by atoms with Crippen LogP contribution in [0.3, 0.4) is 0 Å². The number of hydrogen-bond acceptors (Lipinski definition) is 2. The summed E-state index contributed by atoms with van der Waals surface area (Å²) in [4.78, 5) is 4.78. The molecule has 0 aromatic carbocycles. The molecule has 98 valence electrons. The predicted molar refractivity (Wildman–Crippen MR) is 74.4 cm³/mol. The van der Waals surface area contributed by atoms with Crippen LogP contribution in [-0.4, -0.2) is 9.55 Å². The lowest BCUT2D eigenvalue weighted by atomic mass is 9.92. The van der Waals surface area contributed by atoms with E-state index in [1.807, 2.05) is 0 Å². The fourth-order valence-corrected chi connectivity index (χ4v) is 2.10. The minimum Gasteiger partial charge on any atom is -0.384 e. The highest BCUT2D eigenvalue weighted by Gasteiger charge is 2.30. The molecule has 1 aromatic heterocycles. The summed E-state index contributed by atoms with van der Waals surface area (Å²) in [5.74, 6) is 2.28. The van der Waals surface area contributed by atoms with Crippen molar-refractivity contribution in [3.05, 3.63) is 11.5 Å². The van der Waals surface area contributed by atoms with Gasteiger partial charge in [0, 0.05) is 16.9 Å². The Morgan fingerprint density at radius 1 is 1.06 bits per heavy atom. The molecule has 1 rings (SSSR count). The van der Waals surface area contributed by atoms with Crippen LogP contribution < -0.4 is 5.73 Å². The summed E-state index contributed by atoms with van der Waals surface area (Å²) >= 11 is 0. The molecule has 0 bridgehead atoms. The van der Waals surface area contributed by atoms with Crippen LogP contribution in [0.4, 0.5) is 5.82 Å². The molecule has 0 aliphatic rings. The lowest BCUT2D eigenvalue weighted by Crippen LogP contribution is -2.26. The second-order valence-corrected chi connectivity index (χ2v) is 7.11. The molecule has 0 aliphatic carbocycles. The van der Waals surface area contributed by atoms with Gasteiger partial charge in [-0.15, -0.1) is 0 Å². The third kappa shape index (κ3) is 2.64. The number of anilines is 1. The van der Waals surface area contributed by atoms with Gasteiger partial charge in [-0.2, -0.15) is 0 Å². The summed E-state index contributed by atoms with van der Waals surface area (Å²) in [6, 6.07) is 0. The summed E-state index contributed by atoms with van der Waals surface area (Å²) in [5.41, 5.74) is 7.29. The topological polar surface area (TPSA) is 43.8 Å². The van der Waals surface area contributed by atoms with E-state index >= 15 is 0 Å². The molecule has 17 heavy (non-hydrogen) atoms. The lowest BCUT2D eigenvalue weighted by Gasteiger charge is -2.26. The van der Waals surface area contributed by atoms with E-state index in [1.54, 1.807) is 0 Å². The number of rotatable bonds is 1. The average molecular weight is 237 g/mol. The molecular weight excluding hydrogens is 210 g/mol. The van der Waals surface area contributed by atoms with Gasteiger partial charge in [0.25, 0.3) is 0 Å². The molecule has 3 heteroatoms. The number of nitrogen functional groups attached to an aromatic ring is 1. The Kier molecular flexibility index (Phi) is 3.34. The van der Waals surface area contributed by atoms with Crippen LogP contribution in [0.5, 0.6) is 0 Å². The second kappa shape index (κ2) is 4.04. The molecule has 0 unspecified atom stereocenters. The van der Waals surface area contributed by atoms with E-state index in [0.29, 0.717) is 5.92 Å². The van der Waals surface area contributed by atoms with E-state index < -0.39 is 0 Å². The van der Waals surface area contributed by atoms with E-state index in [1.165, 1.54) is 0 Å². The normalized spacial score (nSPS) is 13.5. The fraction of sp³-hybridized carbons (Fsp3) is 0.786. The molecule has 0 aliphatic heterocycles. The number of imidazole rings is 1. The summed E-state index contributed by atoms with van der Waals surface area (Å²) < 4.78 is 2.18. The highest BCUT2D eigenvalue weighted by molar-refractivity contribution is 5.44. The summed E-state index contributed by atoms with van der Waals surface area (Å²) in [5, 5.41) is 0. The summed E-state index contributed by atoms with van der Waals surface area (Å²) in [7, 11) is 0. The Morgan fingerprint density at radius 2 is 1.53 bits per heavy atom. The van der Waals surface area contributed by atoms with Crippen molar-refractivity contribution in [1.82, 2.24) is 9.55 Å². The standard InChI is InChI=1S/C14H27N3/c1-9(2)12-16-10(13(3,4)5)11(15)17(12)14(6,7)8/h9H,15H2,1-8H3. The van der Waals surface area contributed by atoms with Gasteiger partial charge in [0.1, 0.15) is 11.6 Å². The Balaban J connectivity index is 3.53. The van der Waals surface area contributed by atoms with Crippen LogP contribution >= 0.6 is 0 Å². The van der Waals surface area contributed by atoms with Crippen molar-refractivity contribution in [2.24, 2.45) is 0 Å². The molecular formula is C14H27N3. The van der Waals surface area contributed by atoms with Gasteiger partial charge >= 0.3 is 0 Å². The molecule has 0 atom stereocenters. The highest BCUT2D eigenvalue weighted by atomic mass is 15.2. The van der Waals surface area contributed by atoms with Gasteiger partial charge in [0.05, 0.1) is 5.69 Å². The molecule has 3 nitrogen and oxygen atoms in total. The zero-order chi connectivity index (χ0) is 13.6. The van der Waals surface area contributed by atoms with Crippen LogP contribution in [0.15, 0.2) is 0 Å². The fourth-order valence-electron chi connectivity index (χ4n) is 2.10. The van der Waals surface area contributed by atoms with E-state index in [4.69, 9.17) is 10.7 Å². The van der Waals surface area contributed by atoms with Crippen LogP contribution in [-0.2, 0) is 11.0 Å². The molecule has 0 saturated heterocycles. The Bertz CT molecular complexity index is 400. The maximum atomic E-state index is 6.31. The molecule has 1 aromatic rings. The van der Waals surface area contributed by atoms with Crippen LogP contribution in [0.25, 0.3) is 0 Å². The first-order valence-electron chi connectivity index (χ1n) is 6.35. The zero-order valence-electron chi connectivity index (χ0n) is 12.5. The van der Waals surface area contributed by atoms with Crippen molar-refractivity contribution in [3.63, 3.8) is 0 Å². The predicted octanol–water partition coefficient (Wildman–Crippen LogP) is 3.64. The van der Waals surface area contributed by atoms with E-state index in [0.717, 1.165) is 17.3 Å². The van der Waals surface area contributed by atoms with Crippen molar-refractivity contribution < 1.29 is 0 Å². The Morgan fingerprint density at radius 3 is 1.76 bits per heavy atom. The van der Waals surface area contributed by atoms with Gasteiger partial charge in [0.2, 0.25) is 0 Å². The SMILES string of the molecule is CC(C)c1nc(C(C)(C)C)c(N)n1C(C)(C)C. The van der Waals surface area contributed by atoms with Crippen molar-refractivity contribution in [1.29, 1.82) is 0 Å². The van der Waals surface area contributed by atoms with Gasteiger partial charge in [-0.1, -0.05) is 34.6 Å². The first-order chi connectivity index (χ1) is 7.46. The van der Waals surface area contributed by atoms with E-state index in [2.05, 4.69) is 60.0 Å². The zero-order valence-corrected chi connectivity index (χ0v) is 12.5. The minimum atomic E-state index is -0.0276. The smallest absolute Gasteiger partial charge is 0.127 e. The van der Waals surface area contributed by atoms with Gasteiger partial charge in [-0.05, 0) is 20.8 Å². The Hall–Kier alpha value is -0.990. The first kappa shape index (κ1) is 14.1. The molecule has 2 N–H and O–H groups in total. The third-order valence-electron chi connectivity index (χ3n) is 2.84. The van der Waals surface area contributed by atoms with Gasteiger partial charge < -0.3 is 10.3 Å². The summed E-state index contributed by atoms with van der Waals surface area (Å²) in [6.07, 6.45) is 0. The first-order valence-corrected chi connectivity index (χ1v) is 6.35. The molecule has 1 heterocycles. The number of nitrogens with two attached hydrogens (primary N) is 1. The van der Waals surface area contributed by atoms with Gasteiger partial charge in [0.15, 0.2) is 0 Å². The third-order valence-corrected chi connectivity index (χ3v) is 2.84. The number of nitrogens with zero attached hydrogens (tertiary/aromatic N) is 2. The monoisotopic (exact) mass is 237 g/mol. The van der Waals surface area contributed by atoms with Crippen LogP contribution in [0, 0.1) is 0 Å². The molecule has 0 fully saturated rings. The molecule has 0 radical (unpaired) electrons.